The van der Waals surface area contributed by atoms with E-state index in [-0.39, 0.29) is 0 Å². The number of hydrogen-bond donors (Lipinski definition) is 2. The number of rotatable bonds is 1. The molecule has 0 saturated carbocycles. The van der Waals surface area contributed by atoms with Crippen molar-refractivity contribution in [3.05, 3.63) is 22.7 Å². The molecular formula is C14H17N3O4. The molecule has 7 heteroatoms. The lowest BCUT2D eigenvalue weighted by Gasteiger charge is -2.39. The summed E-state index contributed by atoms with van der Waals surface area (Å²) in [5.74, 6) is -0.869. The number of nitrogens with one attached hydrogen (secondary N) is 1. The Hall–Kier alpha value is -1.99. The van der Waals surface area contributed by atoms with E-state index < -0.39 is 11.5 Å². The topological polar surface area (TPSA) is 93.7 Å². The number of anilines is 2. The molecule has 112 valence electrons. The highest BCUT2D eigenvalue weighted by atomic mass is 16.7. The predicted molar refractivity (Wildman–Crippen MR) is 77.3 cm³/mol. The van der Waals surface area contributed by atoms with Crippen LogP contribution in [0.25, 0.3) is 11.1 Å². The first-order chi connectivity index (χ1) is 10.2. The summed E-state index contributed by atoms with van der Waals surface area (Å²) < 4.78 is 16.5. The largest absolute Gasteiger partial charge is 0.417 e. The van der Waals surface area contributed by atoms with Gasteiger partial charge in [0.2, 0.25) is 0 Å². The van der Waals surface area contributed by atoms with Gasteiger partial charge < -0.3 is 24.5 Å². The Bertz CT molecular complexity index is 719. The lowest BCUT2D eigenvalue weighted by molar-refractivity contribution is -0.169. The molecule has 2 aromatic rings. The van der Waals surface area contributed by atoms with Crippen molar-refractivity contribution in [2.24, 2.45) is 0 Å². The minimum Gasteiger partial charge on any atom is -0.408 e. The maximum absolute atomic E-state index is 11.2. The third kappa shape index (κ3) is 2.09. The summed E-state index contributed by atoms with van der Waals surface area (Å²) in [6.07, 6.45) is 1.62. The Morgan fingerprint density at radius 3 is 2.62 bits per heavy atom. The normalized spacial score (nSPS) is 21.4. The number of benzene rings is 1. The molecule has 2 aliphatic rings. The van der Waals surface area contributed by atoms with Gasteiger partial charge in [-0.2, -0.15) is 0 Å². The standard InChI is InChI=1S/C14H17N3O4/c15-9-7-12-10(16-13(18)21-12)8-11(9)17-3-1-14(2-4-17)19-5-6-20-14/h7-8H,1-6,15H2,(H,16,18). The van der Waals surface area contributed by atoms with Gasteiger partial charge in [-0.25, -0.2) is 4.79 Å². The van der Waals surface area contributed by atoms with Gasteiger partial charge in [0.05, 0.1) is 30.1 Å². The molecule has 0 amide bonds. The minimum atomic E-state index is -0.466. The third-order valence-electron chi connectivity index (χ3n) is 4.25. The van der Waals surface area contributed by atoms with Crippen LogP contribution in [0.15, 0.2) is 21.3 Å². The van der Waals surface area contributed by atoms with Crippen LogP contribution in [-0.4, -0.2) is 37.1 Å². The van der Waals surface area contributed by atoms with Gasteiger partial charge in [0.25, 0.3) is 0 Å². The molecule has 3 N–H and O–H groups in total. The first-order valence-corrected chi connectivity index (χ1v) is 7.10. The Morgan fingerprint density at radius 2 is 1.90 bits per heavy atom. The van der Waals surface area contributed by atoms with Crippen LogP contribution < -0.4 is 16.4 Å². The van der Waals surface area contributed by atoms with Crippen molar-refractivity contribution in [3.8, 4) is 0 Å². The van der Waals surface area contributed by atoms with E-state index in [1.807, 2.05) is 6.07 Å². The van der Waals surface area contributed by atoms with Crippen molar-refractivity contribution in [2.45, 2.75) is 18.6 Å². The molecular weight excluding hydrogens is 274 g/mol. The highest BCUT2D eigenvalue weighted by Gasteiger charge is 2.40. The van der Waals surface area contributed by atoms with E-state index in [1.54, 1.807) is 6.07 Å². The Morgan fingerprint density at radius 1 is 1.19 bits per heavy atom. The van der Waals surface area contributed by atoms with Crippen LogP contribution in [0.1, 0.15) is 12.8 Å². The molecule has 4 rings (SSSR count). The number of nitrogens with zero attached hydrogens (tertiary/aromatic N) is 1. The molecule has 2 fully saturated rings. The molecule has 0 bridgehead atoms. The van der Waals surface area contributed by atoms with Gasteiger partial charge in [0, 0.05) is 32.0 Å². The SMILES string of the molecule is Nc1cc2oc(=O)[nH]c2cc1N1CCC2(CC1)OCCO2. The molecule has 1 aromatic heterocycles. The monoisotopic (exact) mass is 291 g/mol. The fourth-order valence-electron chi connectivity index (χ4n) is 3.15. The van der Waals surface area contributed by atoms with Crippen LogP contribution in [0.4, 0.5) is 11.4 Å². The molecule has 0 atom stereocenters. The van der Waals surface area contributed by atoms with E-state index in [0.29, 0.717) is 30.0 Å². The van der Waals surface area contributed by atoms with Crippen molar-refractivity contribution in [1.82, 2.24) is 4.98 Å². The zero-order valence-electron chi connectivity index (χ0n) is 11.6. The highest BCUT2D eigenvalue weighted by molar-refractivity contribution is 5.85. The first kappa shape index (κ1) is 12.7. The van der Waals surface area contributed by atoms with Crippen molar-refractivity contribution in [2.75, 3.05) is 36.9 Å². The smallest absolute Gasteiger partial charge is 0.408 e. The number of nitrogens with two attached hydrogens (primary N) is 1. The number of aromatic nitrogens is 1. The molecule has 0 aliphatic carbocycles. The van der Waals surface area contributed by atoms with Crippen molar-refractivity contribution < 1.29 is 13.9 Å². The molecule has 0 unspecified atom stereocenters. The number of ether oxygens (including phenoxy) is 2. The van der Waals surface area contributed by atoms with Gasteiger partial charge in [-0.05, 0) is 6.07 Å². The van der Waals surface area contributed by atoms with Gasteiger partial charge in [0.15, 0.2) is 11.4 Å². The lowest BCUT2D eigenvalue weighted by Crippen LogP contribution is -2.45. The van der Waals surface area contributed by atoms with Gasteiger partial charge >= 0.3 is 5.76 Å². The van der Waals surface area contributed by atoms with Crippen molar-refractivity contribution in [3.63, 3.8) is 0 Å². The number of H-pyrrole nitrogens is 1. The fourth-order valence-corrected chi connectivity index (χ4v) is 3.15. The van der Waals surface area contributed by atoms with Gasteiger partial charge in [-0.15, -0.1) is 0 Å². The zero-order valence-corrected chi connectivity index (χ0v) is 11.6. The number of fused-ring (bicyclic) bond motifs is 1. The molecule has 1 aromatic carbocycles. The second-order valence-electron chi connectivity index (χ2n) is 5.52. The predicted octanol–water partition coefficient (Wildman–Crippen LogP) is 1.05. The van der Waals surface area contributed by atoms with Crippen LogP contribution in [0, 0.1) is 0 Å². The summed E-state index contributed by atoms with van der Waals surface area (Å²) >= 11 is 0. The molecule has 3 heterocycles. The molecule has 2 aliphatic heterocycles. The highest BCUT2D eigenvalue weighted by Crippen LogP contribution is 2.36. The second kappa shape index (κ2) is 4.51. The number of nitrogen functional groups attached to an aromatic ring is 1. The quantitative estimate of drug-likeness (QED) is 0.763. The summed E-state index contributed by atoms with van der Waals surface area (Å²) in [4.78, 5) is 16.1. The van der Waals surface area contributed by atoms with Crippen molar-refractivity contribution in [1.29, 1.82) is 0 Å². The van der Waals surface area contributed by atoms with E-state index >= 15 is 0 Å². The molecule has 0 radical (unpaired) electrons. The second-order valence-corrected chi connectivity index (χ2v) is 5.52. The summed E-state index contributed by atoms with van der Waals surface area (Å²) in [5.41, 5.74) is 8.76. The van der Waals surface area contributed by atoms with Gasteiger partial charge in [-0.1, -0.05) is 0 Å². The third-order valence-corrected chi connectivity index (χ3v) is 4.25. The average molecular weight is 291 g/mol. The molecule has 2 saturated heterocycles. The number of hydrogen-bond acceptors (Lipinski definition) is 6. The fraction of sp³-hybridized carbons (Fsp3) is 0.500. The van der Waals surface area contributed by atoms with Crippen molar-refractivity contribution >= 4 is 22.5 Å². The van der Waals surface area contributed by atoms with Crippen LogP contribution in [-0.2, 0) is 9.47 Å². The lowest BCUT2D eigenvalue weighted by atomic mass is 10.0. The van der Waals surface area contributed by atoms with Crippen LogP contribution in [0.2, 0.25) is 0 Å². The molecule has 7 nitrogen and oxygen atoms in total. The van der Waals surface area contributed by atoms with Crippen LogP contribution in [0.3, 0.4) is 0 Å². The maximum atomic E-state index is 11.2. The summed E-state index contributed by atoms with van der Waals surface area (Å²) in [7, 11) is 0. The Balaban J connectivity index is 1.61. The van der Waals surface area contributed by atoms with Crippen LogP contribution >= 0.6 is 0 Å². The van der Waals surface area contributed by atoms with Gasteiger partial charge in [-0.3, -0.25) is 4.98 Å². The summed E-state index contributed by atoms with van der Waals surface area (Å²) in [6, 6.07) is 3.55. The van der Waals surface area contributed by atoms with Gasteiger partial charge in [0.1, 0.15) is 0 Å². The van der Waals surface area contributed by atoms with Crippen LogP contribution in [0.5, 0.6) is 0 Å². The average Bonchev–Trinajstić information content (AvgIpc) is 3.05. The molecule has 21 heavy (non-hydrogen) atoms. The minimum absolute atomic E-state index is 0.403. The van der Waals surface area contributed by atoms with E-state index in [0.717, 1.165) is 31.6 Å². The zero-order chi connectivity index (χ0) is 14.4. The number of oxazole rings is 1. The van der Waals surface area contributed by atoms with E-state index in [1.165, 1.54) is 0 Å². The van der Waals surface area contributed by atoms with E-state index in [4.69, 9.17) is 19.6 Å². The Labute approximate surface area is 120 Å². The van der Waals surface area contributed by atoms with E-state index in [2.05, 4.69) is 9.88 Å². The summed E-state index contributed by atoms with van der Waals surface area (Å²) in [6.45, 7) is 2.95. The summed E-state index contributed by atoms with van der Waals surface area (Å²) in [5, 5.41) is 0. The van der Waals surface area contributed by atoms with E-state index in [9.17, 15) is 4.79 Å². The first-order valence-electron chi connectivity index (χ1n) is 7.10. The number of aromatic amines is 1. The molecule has 1 spiro atoms. The number of piperidine rings is 1. The maximum Gasteiger partial charge on any atom is 0.417 e. The Kier molecular flexibility index (Phi) is 2.73.